The molecule has 0 saturated heterocycles. The molecule has 0 spiro atoms. The Kier molecular flexibility index (Phi) is 6.29. The van der Waals surface area contributed by atoms with E-state index < -0.39 is 0 Å². The minimum absolute atomic E-state index is 0.220. The molecule has 130 valence electrons. The molecule has 7 heteroatoms. The van der Waals surface area contributed by atoms with Gasteiger partial charge in [0.05, 0.1) is 18.7 Å². The first-order valence-electron chi connectivity index (χ1n) is 8.13. The lowest BCUT2D eigenvalue weighted by Gasteiger charge is -2.22. The maximum absolute atomic E-state index is 11.4. The molecule has 1 heterocycles. The molecule has 1 aromatic heterocycles. The van der Waals surface area contributed by atoms with E-state index in [0.717, 1.165) is 23.4 Å². The van der Waals surface area contributed by atoms with Crippen molar-refractivity contribution in [2.75, 3.05) is 23.4 Å². The van der Waals surface area contributed by atoms with Crippen molar-refractivity contribution in [3.63, 3.8) is 0 Å². The molecule has 2 rings (SSSR count). The third-order valence-corrected chi connectivity index (χ3v) is 3.74. The number of H-pyrrole nitrogens is 1. The molecular weight excluding hydrogens is 316 g/mol. The number of aromatic amines is 1. The molecule has 0 bridgehead atoms. The summed E-state index contributed by atoms with van der Waals surface area (Å²) in [7, 11) is 0. The second-order valence-corrected chi connectivity index (χ2v) is 5.63. The highest BCUT2D eigenvalue weighted by molar-refractivity contribution is 5.83. The summed E-state index contributed by atoms with van der Waals surface area (Å²) in [6, 6.07) is 9.68. The van der Waals surface area contributed by atoms with Gasteiger partial charge in [-0.25, -0.2) is 10.4 Å². The average molecular weight is 338 g/mol. The lowest BCUT2D eigenvalue weighted by Crippen LogP contribution is -2.23. The number of aryl methyl sites for hydroxylation is 2. The van der Waals surface area contributed by atoms with E-state index in [9.17, 15) is 4.79 Å². The van der Waals surface area contributed by atoms with Crippen LogP contribution in [0.5, 0.6) is 0 Å². The number of anilines is 2. The third kappa shape index (κ3) is 5.18. The largest absolute Gasteiger partial charge is 0.371 e. The fourth-order valence-electron chi connectivity index (χ4n) is 2.45. The van der Waals surface area contributed by atoms with Gasteiger partial charge < -0.3 is 4.90 Å². The maximum atomic E-state index is 11.4. The average Bonchev–Trinajstić information content (AvgIpc) is 2.56. The molecule has 0 atom stereocenters. The highest BCUT2D eigenvalue weighted by atomic mass is 16.1. The molecule has 7 nitrogen and oxygen atoms in total. The van der Waals surface area contributed by atoms with Gasteiger partial charge in [-0.05, 0) is 44.0 Å². The van der Waals surface area contributed by atoms with Gasteiger partial charge in [0, 0.05) is 30.5 Å². The van der Waals surface area contributed by atoms with E-state index in [1.54, 1.807) is 13.1 Å². The van der Waals surface area contributed by atoms with Crippen LogP contribution in [0.2, 0.25) is 0 Å². The van der Waals surface area contributed by atoms with Crippen molar-refractivity contribution in [2.24, 2.45) is 5.10 Å². The van der Waals surface area contributed by atoms with Crippen molar-refractivity contribution in [2.45, 2.75) is 27.2 Å². The molecule has 0 aliphatic heterocycles. The van der Waals surface area contributed by atoms with Crippen LogP contribution < -0.4 is 15.9 Å². The zero-order valence-corrected chi connectivity index (χ0v) is 14.7. The normalized spacial score (nSPS) is 10.6. The molecule has 2 aromatic rings. The van der Waals surface area contributed by atoms with Gasteiger partial charge in [0.2, 0.25) is 5.95 Å². The minimum Gasteiger partial charge on any atom is -0.371 e. The monoisotopic (exact) mass is 338 g/mol. The molecule has 2 N–H and O–H groups in total. The second-order valence-electron chi connectivity index (χ2n) is 5.63. The Bertz CT molecular complexity index is 849. The Morgan fingerprint density at radius 1 is 1.40 bits per heavy atom. The van der Waals surface area contributed by atoms with Gasteiger partial charge in [0.15, 0.2) is 0 Å². The first-order chi connectivity index (χ1) is 12.0. The fourth-order valence-corrected chi connectivity index (χ4v) is 2.45. The summed E-state index contributed by atoms with van der Waals surface area (Å²) < 4.78 is 0. The van der Waals surface area contributed by atoms with E-state index in [-0.39, 0.29) is 5.56 Å². The van der Waals surface area contributed by atoms with Gasteiger partial charge in [0.1, 0.15) is 0 Å². The topological polar surface area (TPSA) is 97.2 Å². The molecule has 0 aliphatic carbocycles. The molecular formula is C18H22N6O. The number of aromatic nitrogens is 2. The lowest BCUT2D eigenvalue weighted by molar-refractivity contribution is 0.826. The van der Waals surface area contributed by atoms with Gasteiger partial charge in [0.25, 0.3) is 5.56 Å². The van der Waals surface area contributed by atoms with Gasteiger partial charge in [-0.3, -0.25) is 9.78 Å². The number of hydrazone groups is 1. The fraction of sp³-hybridized carbons (Fsp3) is 0.333. The van der Waals surface area contributed by atoms with Crippen LogP contribution in [0.25, 0.3) is 0 Å². The summed E-state index contributed by atoms with van der Waals surface area (Å²) in [5, 5.41) is 12.9. The molecule has 0 radical (unpaired) electrons. The van der Waals surface area contributed by atoms with Crippen LogP contribution in [0.1, 0.15) is 30.2 Å². The second kappa shape index (κ2) is 8.64. The van der Waals surface area contributed by atoms with Crippen LogP contribution in [-0.4, -0.2) is 29.3 Å². The van der Waals surface area contributed by atoms with Crippen molar-refractivity contribution < 1.29 is 0 Å². The van der Waals surface area contributed by atoms with Crippen molar-refractivity contribution in [3.8, 4) is 6.07 Å². The summed E-state index contributed by atoms with van der Waals surface area (Å²) in [5.74, 6) is 0.309. The predicted molar refractivity (Wildman–Crippen MR) is 100 cm³/mol. The highest BCUT2D eigenvalue weighted by Gasteiger charge is 2.05. The molecule has 25 heavy (non-hydrogen) atoms. The molecule has 0 unspecified atom stereocenters. The first-order valence-corrected chi connectivity index (χ1v) is 8.13. The van der Waals surface area contributed by atoms with E-state index >= 15 is 0 Å². The smallest absolute Gasteiger partial charge is 0.252 e. The van der Waals surface area contributed by atoms with Crippen molar-refractivity contribution in [1.29, 1.82) is 5.26 Å². The van der Waals surface area contributed by atoms with Crippen LogP contribution in [-0.2, 0) is 0 Å². The van der Waals surface area contributed by atoms with E-state index in [0.29, 0.717) is 24.6 Å². The van der Waals surface area contributed by atoms with Gasteiger partial charge in [-0.15, -0.1) is 0 Å². The summed E-state index contributed by atoms with van der Waals surface area (Å²) in [6.45, 7) is 7.40. The van der Waals surface area contributed by atoms with Crippen LogP contribution in [0.3, 0.4) is 0 Å². The van der Waals surface area contributed by atoms with Crippen LogP contribution >= 0.6 is 0 Å². The van der Waals surface area contributed by atoms with Crippen molar-refractivity contribution in [1.82, 2.24) is 9.97 Å². The van der Waals surface area contributed by atoms with Gasteiger partial charge in [-0.2, -0.15) is 10.4 Å². The Morgan fingerprint density at radius 2 is 2.20 bits per heavy atom. The maximum Gasteiger partial charge on any atom is 0.252 e. The Hall–Kier alpha value is -3.14. The molecule has 0 aliphatic rings. The minimum atomic E-state index is -0.220. The van der Waals surface area contributed by atoms with Gasteiger partial charge >= 0.3 is 0 Å². The summed E-state index contributed by atoms with van der Waals surface area (Å²) in [4.78, 5) is 20.3. The molecule has 0 amide bonds. The number of benzene rings is 1. The summed E-state index contributed by atoms with van der Waals surface area (Å²) in [5.41, 5.74) is 6.26. The zero-order valence-electron chi connectivity index (χ0n) is 14.7. The van der Waals surface area contributed by atoms with E-state index in [1.807, 2.05) is 19.1 Å². The van der Waals surface area contributed by atoms with Crippen molar-refractivity contribution >= 4 is 17.9 Å². The molecule has 0 fully saturated rings. The number of hydrogen-bond acceptors (Lipinski definition) is 6. The number of nitrogens with zero attached hydrogens (tertiary/aromatic N) is 4. The standard InChI is InChI=1S/C18H22N6O/c1-4-24(9-5-8-19)16-7-6-15(13(2)10-16)12-20-23-18-21-14(3)11-17(25)22-18/h6-7,10-12H,4-5,9H2,1-3H3,(H2,21,22,23,25). The molecule has 0 saturated carbocycles. The number of nitriles is 1. The van der Waals surface area contributed by atoms with Crippen molar-refractivity contribution in [3.05, 3.63) is 51.4 Å². The third-order valence-electron chi connectivity index (χ3n) is 3.74. The quantitative estimate of drug-likeness (QED) is 0.597. The molecule has 1 aromatic carbocycles. The van der Waals surface area contributed by atoms with Gasteiger partial charge in [-0.1, -0.05) is 6.07 Å². The number of rotatable bonds is 7. The summed E-state index contributed by atoms with van der Waals surface area (Å²) in [6.07, 6.45) is 2.19. The SMILES string of the molecule is CCN(CCC#N)c1ccc(C=NNc2nc(C)cc(=O)[nH]2)c(C)c1. The van der Waals surface area contributed by atoms with Crippen LogP contribution in [0.4, 0.5) is 11.6 Å². The number of hydrogen-bond donors (Lipinski definition) is 2. The highest BCUT2D eigenvalue weighted by Crippen LogP contribution is 2.18. The van der Waals surface area contributed by atoms with Crippen LogP contribution in [0.15, 0.2) is 34.2 Å². The van der Waals surface area contributed by atoms with E-state index in [1.165, 1.54) is 6.07 Å². The number of nitrogens with one attached hydrogen (secondary N) is 2. The zero-order chi connectivity index (χ0) is 18.2. The summed E-state index contributed by atoms with van der Waals surface area (Å²) >= 11 is 0. The van der Waals surface area contributed by atoms with E-state index in [4.69, 9.17) is 5.26 Å². The van der Waals surface area contributed by atoms with Crippen LogP contribution in [0, 0.1) is 25.2 Å². The lowest BCUT2D eigenvalue weighted by atomic mass is 10.1. The van der Waals surface area contributed by atoms with E-state index in [2.05, 4.69) is 44.5 Å². The Morgan fingerprint density at radius 3 is 2.84 bits per heavy atom. The predicted octanol–water partition coefficient (Wildman–Crippen LogP) is 2.57. The Labute approximate surface area is 147 Å². The first kappa shape index (κ1) is 18.2. The Balaban J connectivity index is 2.10.